The maximum atomic E-state index is 11.7. The molecule has 0 atom stereocenters. The van der Waals surface area contributed by atoms with E-state index in [1.54, 1.807) is 18.2 Å². The van der Waals surface area contributed by atoms with Gasteiger partial charge < -0.3 is 10.3 Å². The quantitative estimate of drug-likeness (QED) is 0.799. The van der Waals surface area contributed by atoms with E-state index in [-0.39, 0.29) is 6.03 Å². The molecule has 0 unspecified atom stereocenters. The van der Waals surface area contributed by atoms with Crippen LogP contribution in [-0.2, 0) is 0 Å². The Morgan fingerprint density at radius 3 is 2.94 bits per heavy atom. The van der Waals surface area contributed by atoms with Gasteiger partial charge in [-0.15, -0.1) is 0 Å². The molecule has 1 heterocycles. The fourth-order valence-corrected chi connectivity index (χ4v) is 1.57. The van der Waals surface area contributed by atoms with Crippen LogP contribution < -0.4 is 11.0 Å². The lowest BCUT2D eigenvalue weighted by Gasteiger charge is -2.03. The summed E-state index contributed by atoms with van der Waals surface area (Å²) in [6.45, 7) is 2.52. The second-order valence-electron chi connectivity index (χ2n) is 3.51. The Morgan fingerprint density at radius 2 is 2.19 bits per heavy atom. The Hall–Kier alpha value is -2.04. The second kappa shape index (κ2) is 4.22. The highest BCUT2D eigenvalue weighted by Crippen LogP contribution is 2.08. The van der Waals surface area contributed by atoms with Gasteiger partial charge in [0.2, 0.25) is 0 Å². The van der Waals surface area contributed by atoms with Gasteiger partial charge in [0, 0.05) is 6.54 Å². The smallest absolute Gasteiger partial charge is 0.334 e. The van der Waals surface area contributed by atoms with E-state index in [9.17, 15) is 9.59 Å². The summed E-state index contributed by atoms with van der Waals surface area (Å²) in [6, 6.07) is 6.72. The molecule has 16 heavy (non-hydrogen) atoms. The molecule has 2 rings (SSSR count). The van der Waals surface area contributed by atoms with Crippen LogP contribution in [-0.4, -0.2) is 22.1 Å². The minimum atomic E-state index is -0.408. The van der Waals surface area contributed by atoms with Gasteiger partial charge >= 0.3 is 11.7 Å². The molecule has 0 aliphatic carbocycles. The van der Waals surface area contributed by atoms with Gasteiger partial charge in [0.1, 0.15) is 0 Å². The number of imidazole rings is 1. The highest BCUT2D eigenvalue weighted by atomic mass is 16.2. The van der Waals surface area contributed by atoms with Crippen molar-refractivity contribution in [3.05, 3.63) is 34.7 Å². The van der Waals surface area contributed by atoms with Gasteiger partial charge in [-0.05, 0) is 18.6 Å². The third kappa shape index (κ3) is 1.71. The molecule has 0 radical (unpaired) electrons. The Kier molecular flexibility index (Phi) is 2.76. The SMILES string of the molecule is CCCNC(=O)n1c(=O)[nH]c2ccccc21. The molecule has 1 amide bonds. The van der Waals surface area contributed by atoms with E-state index in [1.807, 2.05) is 13.0 Å². The summed E-state index contributed by atoms with van der Waals surface area (Å²) in [5.41, 5.74) is 0.857. The van der Waals surface area contributed by atoms with Crippen LogP contribution in [0.3, 0.4) is 0 Å². The number of nitrogens with one attached hydrogen (secondary N) is 2. The van der Waals surface area contributed by atoms with Crippen LogP contribution in [0.15, 0.2) is 29.1 Å². The molecule has 0 fully saturated rings. The van der Waals surface area contributed by atoms with Crippen molar-refractivity contribution in [2.45, 2.75) is 13.3 Å². The zero-order valence-corrected chi connectivity index (χ0v) is 8.99. The minimum Gasteiger partial charge on any atom is -0.337 e. The zero-order valence-electron chi connectivity index (χ0n) is 8.99. The number of H-pyrrole nitrogens is 1. The van der Waals surface area contributed by atoms with Gasteiger partial charge in [0.05, 0.1) is 11.0 Å². The predicted molar refractivity (Wildman–Crippen MR) is 61.6 cm³/mol. The summed E-state index contributed by atoms with van der Waals surface area (Å²) in [4.78, 5) is 26.0. The van der Waals surface area contributed by atoms with E-state index in [2.05, 4.69) is 10.3 Å². The third-order valence-electron chi connectivity index (χ3n) is 2.32. The first kappa shape index (κ1) is 10.5. The van der Waals surface area contributed by atoms with Gasteiger partial charge in [-0.2, -0.15) is 0 Å². The Bertz CT molecular complexity index is 568. The van der Waals surface area contributed by atoms with Crippen molar-refractivity contribution in [3.8, 4) is 0 Å². The van der Waals surface area contributed by atoms with E-state index in [4.69, 9.17) is 0 Å². The van der Waals surface area contributed by atoms with Crippen LogP contribution in [0.4, 0.5) is 4.79 Å². The minimum absolute atomic E-state index is 0.385. The number of nitrogens with zero attached hydrogens (tertiary/aromatic N) is 1. The summed E-state index contributed by atoms with van der Waals surface area (Å²) in [7, 11) is 0. The summed E-state index contributed by atoms with van der Waals surface area (Å²) in [5.74, 6) is 0. The standard InChI is InChI=1S/C11H13N3O2/c1-2-7-12-10(15)14-9-6-4-3-5-8(9)13-11(14)16/h3-6H,2,7H2,1H3,(H,12,15)(H,13,16). The van der Waals surface area contributed by atoms with E-state index >= 15 is 0 Å². The molecule has 0 bridgehead atoms. The number of benzene rings is 1. The van der Waals surface area contributed by atoms with Gasteiger partial charge in [-0.25, -0.2) is 14.2 Å². The number of aromatic amines is 1. The summed E-state index contributed by atoms with van der Waals surface area (Å²) in [6.07, 6.45) is 0.836. The number of aromatic nitrogens is 2. The number of hydrogen-bond acceptors (Lipinski definition) is 2. The number of hydrogen-bond donors (Lipinski definition) is 2. The van der Waals surface area contributed by atoms with Gasteiger partial charge in [-0.3, -0.25) is 0 Å². The van der Waals surface area contributed by atoms with Crippen molar-refractivity contribution in [2.75, 3.05) is 6.54 Å². The van der Waals surface area contributed by atoms with Crippen molar-refractivity contribution in [3.63, 3.8) is 0 Å². The van der Waals surface area contributed by atoms with Crippen LogP contribution in [0.1, 0.15) is 13.3 Å². The molecule has 5 heteroatoms. The maximum Gasteiger partial charge on any atom is 0.334 e. The van der Waals surface area contributed by atoms with Crippen molar-refractivity contribution >= 4 is 17.1 Å². The van der Waals surface area contributed by atoms with Crippen LogP contribution in [0.2, 0.25) is 0 Å². The van der Waals surface area contributed by atoms with E-state index in [0.29, 0.717) is 17.6 Å². The fourth-order valence-electron chi connectivity index (χ4n) is 1.57. The highest BCUT2D eigenvalue weighted by Gasteiger charge is 2.11. The van der Waals surface area contributed by atoms with Crippen LogP contribution in [0.5, 0.6) is 0 Å². The summed E-state index contributed by atoms with van der Waals surface area (Å²) >= 11 is 0. The molecule has 0 saturated carbocycles. The number of amides is 1. The molecule has 2 aromatic rings. The number of para-hydroxylation sites is 2. The van der Waals surface area contributed by atoms with Gasteiger partial charge in [0.25, 0.3) is 0 Å². The predicted octanol–water partition coefficient (Wildman–Crippen LogP) is 1.30. The van der Waals surface area contributed by atoms with Crippen LogP contribution in [0, 0.1) is 0 Å². The Balaban J connectivity index is 2.47. The Morgan fingerprint density at radius 1 is 1.44 bits per heavy atom. The molecule has 0 spiro atoms. The number of rotatable bonds is 2. The monoisotopic (exact) mass is 219 g/mol. The summed E-state index contributed by atoms with van der Waals surface area (Å²) in [5, 5.41) is 2.67. The molecular weight excluding hydrogens is 206 g/mol. The van der Waals surface area contributed by atoms with E-state index in [1.165, 1.54) is 0 Å². The number of fused-ring (bicyclic) bond motifs is 1. The average Bonchev–Trinajstić information content (AvgIpc) is 2.62. The number of carbonyl (C=O) groups excluding carboxylic acids is 1. The fraction of sp³-hybridized carbons (Fsp3) is 0.273. The first-order valence-electron chi connectivity index (χ1n) is 5.22. The zero-order chi connectivity index (χ0) is 11.5. The second-order valence-corrected chi connectivity index (χ2v) is 3.51. The molecular formula is C11H13N3O2. The molecule has 0 saturated heterocycles. The van der Waals surface area contributed by atoms with Crippen molar-refractivity contribution in [1.82, 2.24) is 14.9 Å². The Labute approximate surface area is 92.1 Å². The van der Waals surface area contributed by atoms with Crippen molar-refractivity contribution in [1.29, 1.82) is 0 Å². The first-order valence-corrected chi connectivity index (χ1v) is 5.22. The topological polar surface area (TPSA) is 66.9 Å². The molecule has 1 aromatic heterocycles. The van der Waals surface area contributed by atoms with Gasteiger partial charge in [-0.1, -0.05) is 19.1 Å². The summed E-state index contributed by atoms with van der Waals surface area (Å²) < 4.78 is 1.12. The van der Waals surface area contributed by atoms with E-state index < -0.39 is 5.69 Å². The molecule has 2 N–H and O–H groups in total. The third-order valence-corrected chi connectivity index (χ3v) is 2.32. The maximum absolute atomic E-state index is 11.7. The molecule has 84 valence electrons. The normalized spacial score (nSPS) is 10.6. The molecule has 0 aliphatic heterocycles. The lowest BCUT2D eigenvalue weighted by atomic mass is 10.3. The lowest BCUT2D eigenvalue weighted by molar-refractivity contribution is 0.242. The highest BCUT2D eigenvalue weighted by molar-refractivity contribution is 5.88. The molecule has 0 aliphatic rings. The van der Waals surface area contributed by atoms with E-state index in [0.717, 1.165) is 11.0 Å². The molecule has 5 nitrogen and oxygen atoms in total. The largest absolute Gasteiger partial charge is 0.337 e. The van der Waals surface area contributed by atoms with Crippen LogP contribution in [0.25, 0.3) is 11.0 Å². The van der Waals surface area contributed by atoms with Crippen molar-refractivity contribution < 1.29 is 4.79 Å². The molecule has 1 aromatic carbocycles. The lowest BCUT2D eigenvalue weighted by Crippen LogP contribution is -2.35. The van der Waals surface area contributed by atoms with Crippen LogP contribution >= 0.6 is 0 Å². The first-order chi connectivity index (χ1) is 7.74. The average molecular weight is 219 g/mol. The number of carbonyl (C=O) groups is 1. The van der Waals surface area contributed by atoms with Gasteiger partial charge in [0.15, 0.2) is 0 Å². The van der Waals surface area contributed by atoms with Crippen molar-refractivity contribution in [2.24, 2.45) is 0 Å².